The van der Waals surface area contributed by atoms with E-state index in [1.807, 2.05) is 0 Å². The van der Waals surface area contributed by atoms with Gasteiger partial charge in [-0.15, -0.1) is 0 Å². The number of rotatable bonds is 8. The molecular weight excluding hydrogens is 436 g/mol. The van der Waals surface area contributed by atoms with E-state index in [0.717, 1.165) is 0 Å². The molecular formula is C22H20N2O5S2. The van der Waals surface area contributed by atoms with Crippen LogP contribution in [0.25, 0.3) is 11.0 Å². The van der Waals surface area contributed by atoms with E-state index >= 15 is 0 Å². The Morgan fingerprint density at radius 2 is 1.39 bits per heavy atom. The number of benzene rings is 3. The maximum atomic E-state index is 12.9. The van der Waals surface area contributed by atoms with Crippen LogP contribution in [0.2, 0.25) is 0 Å². The highest BCUT2D eigenvalue weighted by Crippen LogP contribution is 2.21. The molecule has 0 fully saturated rings. The van der Waals surface area contributed by atoms with Crippen LogP contribution in [0, 0.1) is 0 Å². The normalized spacial score (nSPS) is 12.1. The van der Waals surface area contributed by atoms with Crippen molar-refractivity contribution < 1.29 is 21.0 Å². The molecule has 3 aromatic carbocycles. The number of para-hydroxylation sites is 3. The zero-order valence-electron chi connectivity index (χ0n) is 16.5. The quantitative estimate of drug-likeness (QED) is 0.377. The Bertz CT molecular complexity index is 1400. The molecule has 0 saturated heterocycles. The minimum Gasteiger partial charge on any atom is -0.382 e. The molecule has 31 heavy (non-hydrogen) atoms. The molecule has 9 heteroatoms. The van der Waals surface area contributed by atoms with Gasteiger partial charge in [0.05, 0.1) is 15.9 Å². The topological polar surface area (TPSA) is 95.3 Å². The van der Waals surface area contributed by atoms with E-state index in [0.29, 0.717) is 11.0 Å². The molecule has 4 rings (SSSR count). The molecule has 0 saturated carbocycles. The van der Waals surface area contributed by atoms with E-state index in [4.69, 9.17) is 4.18 Å². The monoisotopic (exact) mass is 456 g/mol. The van der Waals surface area contributed by atoms with Crippen molar-refractivity contribution in [3.05, 3.63) is 90.8 Å². The summed E-state index contributed by atoms with van der Waals surface area (Å²) in [4.78, 5) is 4.64. The van der Waals surface area contributed by atoms with Gasteiger partial charge in [-0.05, 0) is 36.4 Å². The van der Waals surface area contributed by atoms with Gasteiger partial charge in [0.1, 0.15) is 23.1 Å². The zero-order valence-corrected chi connectivity index (χ0v) is 18.1. The molecule has 0 aliphatic rings. The van der Waals surface area contributed by atoms with E-state index in [-0.39, 0.29) is 34.5 Å². The SMILES string of the molecule is O=S(=O)(CCn1c(CS(=O)(=O)c2ccccc2)nc2ccccc21)Oc1ccccc1. The van der Waals surface area contributed by atoms with E-state index < -0.39 is 20.0 Å². The standard InChI is InChI=1S/C22H20N2O5S2/c25-30(26,19-11-5-2-6-12-19)17-22-23-20-13-7-8-14-21(20)24(22)15-16-31(27,28)29-18-9-3-1-4-10-18/h1-14H,15-17H2. The lowest BCUT2D eigenvalue weighted by Crippen LogP contribution is -2.20. The largest absolute Gasteiger partial charge is 0.382 e. The van der Waals surface area contributed by atoms with Crippen LogP contribution < -0.4 is 4.18 Å². The molecule has 0 atom stereocenters. The van der Waals surface area contributed by atoms with Crippen LogP contribution in [0.15, 0.2) is 89.8 Å². The van der Waals surface area contributed by atoms with Crippen molar-refractivity contribution in [2.75, 3.05) is 5.75 Å². The third kappa shape index (κ3) is 4.95. The van der Waals surface area contributed by atoms with Crippen LogP contribution in [0.3, 0.4) is 0 Å². The van der Waals surface area contributed by atoms with Crippen molar-refractivity contribution in [3.8, 4) is 5.75 Å². The number of aryl methyl sites for hydroxylation is 1. The summed E-state index contributed by atoms with van der Waals surface area (Å²) in [5.74, 6) is -0.170. The summed E-state index contributed by atoms with van der Waals surface area (Å²) in [6, 6.07) is 23.5. The predicted molar refractivity (Wildman–Crippen MR) is 118 cm³/mol. The lowest BCUT2D eigenvalue weighted by atomic mass is 10.3. The van der Waals surface area contributed by atoms with Crippen LogP contribution in [0.4, 0.5) is 0 Å². The highest BCUT2D eigenvalue weighted by Gasteiger charge is 2.22. The Morgan fingerprint density at radius 1 is 0.774 bits per heavy atom. The van der Waals surface area contributed by atoms with E-state index in [9.17, 15) is 16.8 Å². The van der Waals surface area contributed by atoms with Crippen LogP contribution in [0.5, 0.6) is 5.75 Å². The van der Waals surface area contributed by atoms with Crippen LogP contribution in [-0.2, 0) is 32.3 Å². The molecule has 1 heterocycles. The van der Waals surface area contributed by atoms with Gasteiger partial charge in [0, 0.05) is 6.54 Å². The Labute approximate surface area is 181 Å². The van der Waals surface area contributed by atoms with E-state index in [1.165, 1.54) is 12.1 Å². The van der Waals surface area contributed by atoms with Crippen molar-refractivity contribution >= 4 is 31.0 Å². The van der Waals surface area contributed by atoms with Gasteiger partial charge in [-0.2, -0.15) is 8.42 Å². The fourth-order valence-electron chi connectivity index (χ4n) is 3.23. The molecule has 4 aromatic rings. The average Bonchev–Trinajstić information content (AvgIpc) is 3.09. The summed E-state index contributed by atoms with van der Waals surface area (Å²) < 4.78 is 57.5. The fourth-order valence-corrected chi connectivity index (χ4v) is 5.43. The van der Waals surface area contributed by atoms with Gasteiger partial charge >= 0.3 is 10.1 Å². The predicted octanol–water partition coefficient (Wildman–Crippen LogP) is 3.42. The third-order valence-electron chi connectivity index (χ3n) is 4.69. The van der Waals surface area contributed by atoms with E-state index in [2.05, 4.69) is 4.98 Å². The molecule has 0 unspecified atom stereocenters. The molecule has 0 spiro atoms. The van der Waals surface area contributed by atoms with Gasteiger partial charge in [-0.1, -0.05) is 48.5 Å². The number of nitrogens with zero attached hydrogens (tertiary/aromatic N) is 2. The highest BCUT2D eigenvalue weighted by atomic mass is 32.2. The molecule has 0 N–H and O–H groups in total. The second-order valence-corrected chi connectivity index (χ2v) is 10.6. The van der Waals surface area contributed by atoms with Gasteiger partial charge in [0.25, 0.3) is 0 Å². The molecule has 0 amide bonds. The lowest BCUT2D eigenvalue weighted by molar-refractivity contribution is 0.481. The second-order valence-electron chi connectivity index (χ2n) is 6.90. The molecule has 0 aliphatic heterocycles. The van der Waals surface area contributed by atoms with Crippen molar-refractivity contribution in [3.63, 3.8) is 0 Å². The number of hydrogen-bond acceptors (Lipinski definition) is 6. The summed E-state index contributed by atoms with van der Waals surface area (Å²) in [6.45, 7) is 0.00925. The Morgan fingerprint density at radius 3 is 2.10 bits per heavy atom. The van der Waals surface area contributed by atoms with Gasteiger partial charge in [-0.3, -0.25) is 0 Å². The van der Waals surface area contributed by atoms with Crippen LogP contribution in [-0.4, -0.2) is 32.1 Å². The lowest BCUT2D eigenvalue weighted by Gasteiger charge is -2.11. The summed E-state index contributed by atoms with van der Waals surface area (Å²) in [7, 11) is -7.54. The number of imidazole rings is 1. The zero-order chi connectivity index (χ0) is 21.9. The molecule has 7 nitrogen and oxygen atoms in total. The van der Waals surface area contributed by atoms with Gasteiger partial charge in [0.15, 0.2) is 9.84 Å². The number of aromatic nitrogens is 2. The molecule has 0 bridgehead atoms. The summed E-state index contributed by atoms with van der Waals surface area (Å²) in [5, 5.41) is 0. The average molecular weight is 457 g/mol. The molecule has 0 radical (unpaired) electrons. The fraction of sp³-hybridized carbons (Fsp3) is 0.136. The first-order chi connectivity index (χ1) is 14.8. The first-order valence-corrected chi connectivity index (χ1v) is 12.8. The van der Waals surface area contributed by atoms with Crippen LogP contribution in [0.1, 0.15) is 5.82 Å². The van der Waals surface area contributed by atoms with Crippen molar-refractivity contribution in [1.29, 1.82) is 0 Å². The first kappa shape index (κ1) is 21.1. The van der Waals surface area contributed by atoms with E-state index in [1.54, 1.807) is 77.4 Å². The molecule has 160 valence electrons. The highest BCUT2D eigenvalue weighted by molar-refractivity contribution is 7.90. The number of hydrogen-bond donors (Lipinski definition) is 0. The minimum absolute atomic E-state index is 0.00925. The Balaban J connectivity index is 1.63. The maximum Gasteiger partial charge on any atom is 0.310 e. The van der Waals surface area contributed by atoms with Gasteiger partial charge in [-0.25, -0.2) is 13.4 Å². The summed E-state index contributed by atoms with van der Waals surface area (Å²) >= 11 is 0. The van der Waals surface area contributed by atoms with Gasteiger partial charge < -0.3 is 8.75 Å². The third-order valence-corrected chi connectivity index (χ3v) is 7.44. The van der Waals surface area contributed by atoms with Gasteiger partial charge in [0.2, 0.25) is 0 Å². The Kier molecular flexibility index (Phi) is 5.79. The minimum atomic E-state index is -3.89. The van der Waals surface area contributed by atoms with Crippen molar-refractivity contribution in [2.45, 2.75) is 17.2 Å². The summed E-state index contributed by atoms with van der Waals surface area (Å²) in [6.07, 6.45) is 0. The Hall–Kier alpha value is -3.17. The number of sulfone groups is 1. The summed E-state index contributed by atoms with van der Waals surface area (Å²) in [5.41, 5.74) is 1.26. The van der Waals surface area contributed by atoms with Crippen LogP contribution >= 0.6 is 0 Å². The second kappa shape index (κ2) is 8.52. The molecule has 1 aromatic heterocycles. The maximum absolute atomic E-state index is 12.9. The number of fused-ring (bicyclic) bond motifs is 1. The van der Waals surface area contributed by atoms with Crippen molar-refractivity contribution in [1.82, 2.24) is 9.55 Å². The smallest absolute Gasteiger partial charge is 0.310 e. The van der Waals surface area contributed by atoms with Crippen molar-refractivity contribution in [2.24, 2.45) is 0 Å². The molecule has 0 aliphatic carbocycles. The first-order valence-electron chi connectivity index (χ1n) is 9.53.